The Morgan fingerprint density at radius 2 is 0.812 bits per heavy atom. The van der Waals surface area contributed by atoms with Gasteiger partial charge in [-0.15, -0.1) is 0 Å². The SMILES string of the molecule is CC/C=C\C/C=C\C/C=C\C/C=C\CCC(=O)OC(COC(=O)CCCCCCCCCCCCC)COP(=O)(O)OCC(CO)OC(=O)CCCCCCCCCCCCCCC. The van der Waals surface area contributed by atoms with E-state index in [0.717, 1.165) is 64.2 Å². The average Bonchev–Trinajstić information content (AvgIpc) is 3.28. The highest BCUT2D eigenvalue weighted by Gasteiger charge is 2.28. The van der Waals surface area contributed by atoms with Gasteiger partial charge in [-0.05, 0) is 44.9 Å². The molecule has 0 amide bonds. The van der Waals surface area contributed by atoms with Crippen molar-refractivity contribution in [3.63, 3.8) is 0 Å². The van der Waals surface area contributed by atoms with E-state index in [4.69, 9.17) is 23.3 Å². The molecule has 64 heavy (non-hydrogen) atoms. The summed E-state index contributed by atoms with van der Waals surface area (Å²) in [6.45, 7) is 4.43. The number of phosphoric ester groups is 1. The molecule has 0 radical (unpaired) electrons. The Labute approximate surface area is 390 Å². The number of allylic oxidation sites excluding steroid dienone is 8. The van der Waals surface area contributed by atoms with Gasteiger partial charge >= 0.3 is 25.7 Å². The number of aliphatic hydroxyl groups excluding tert-OH is 1. The minimum Gasteiger partial charge on any atom is -0.462 e. The van der Waals surface area contributed by atoms with Crippen molar-refractivity contribution in [1.29, 1.82) is 0 Å². The lowest BCUT2D eigenvalue weighted by atomic mass is 10.0. The predicted octanol–water partition coefficient (Wildman–Crippen LogP) is 14.2. The number of rotatable bonds is 47. The van der Waals surface area contributed by atoms with Gasteiger partial charge in [-0.2, -0.15) is 0 Å². The lowest BCUT2D eigenvalue weighted by molar-refractivity contribution is -0.161. The molecule has 0 saturated carbocycles. The van der Waals surface area contributed by atoms with Gasteiger partial charge in [0.25, 0.3) is 0 Å². The van der Waals surface area contributed by atoms with E-state index in [2.05, 4.69) is 57.2 Å². The average molecular weight is 925 g/mol. The number of ether oxygens (including phenoxy) is 3. The van der Waals surface area contributed by atoms with Crippen LogP contribution in [0.5, 0.6) is 0 Å². The minimum absolute atomic E-state index is 0.0492. The quantitative estimate of drug-likeness (QED) is 0.0197. The molecule has 11 nitrogen and oxygen atoms in total. The third-order valence-electron chi connectivity index (χ3n) is 10.8. The molecule has 3 atom stereocenters. The molecule has 0 rings (SSSR count). The number of hydrogen-bond donors (Lipinski definition) is 2. The van der Waals surface area contributed by atoms with Crippen LogP contribution in [0, 0.1) is 0 Å². The lowest BCUT2D eigenvalue weighted by Crippen LogP contribution is -2.30. The summed E-state index contributed by atoms with van der Waals surface area (Å²) in [6, 6.07) is 0. The molecule has 0 aliphatic carbocycles. The largest absolute Gasteiger partial charge is 0.472 e. The van der Waals surface area contributed by atoms with E-state index < -0.39 is 57.8 Å². The molecule has 0 aromatic heterocycles. The Morgan fingerprint density at radius 1 is 0.453 bits per heavy atom. The third-order valence-corrected chi connectivity index (χ3v) is 11.7. The van der Waals surface area contributed by atoms with Gasteiger partial charge in [0.2, 0.25) is 0 Å². The van der Waals surface area contributed by atoms with Crippen LogP contribution in [0.1, 0.15) is 226 Å². The first-order chi connectivity index (χ1) is 31.2. The van der Waals surface area contributed by atoms with E-state index in [1.54, 1.807) is 0 Å². The van der Waals surface area contributed by atoms with Gasteiger partial charge in [0.15, 0.2) is 6.10 Å². The molecule has 0 saturated heterocycles. The normalized spacial score (nSPS) is 13.9. The monoisotopic (exact) mass is 925 g/mol. The van der Waals surface area contributed by atoms with E-state index in [1.165, 1.54) is 103 Å². The van der Waals surface area contributed by atoms with Crippen molar-refractivity contribution in [1.82, 2.24) is 0 Å². The fourth-order valence-corrected chi connectivity index (χ4v) is 7.68. The first-order valence-electron chi connectivity index (χ1n) is 25.5. The Morgan fingerprint density at radius 3 is 1.25 bits per heavy atom. The van der Waals surface area contributed by atoms with E-state index in [9.17, 15) is 28.9 Å². The van der Waals surface area contributed by atoms with Crippen molar-refractivity contribution < 1.29 is 52.2 Å². The van der Waals surface area contributed by atoms with Crippen LogP contribution in [0.2, 0.25) is 0 Å². The summed E-state index contributed by atoms with van der Waals surface area (Å²) in [4.78, 5) is 48.2. The molecule has 0 bridgehead atoms. The first kappa shape index (κ1) is 61.4. The smallest absolute Gasteiger partial charge is 0.462 e. The van der Waals surface area contributed by atoms with Gasteiger partial charge in [0.05, 0.1) is 19.8 Å². The molecule has 0 aliphatic rings. The Kier molecular flexibility index (Phi) is 45.1. The van der Waals surface area contributed by atoms with E-state index >= 15 is 0 Å². The zero-order valence-corrected chi connectivity index (χ0v) is 41.6. The fraction of sp³-hybridized carbons (Fsp3) is 0.788. The maximum absolute atomic E-state index is 12.8. The van der Waals surface area contributed by atoms with Crippen LogP contribution in [0.4, 0.5) is 0 Å². The second-order valence-electron chi connectivity index (χ2n) is 17.0. The summed E-state index contributed by atoms with van der Waals surface area (Å²) in [7, 11) is -4.75. The molecule has 0 spiro atoms. The highest BCUT2D eigenvalue weighted by molar-refractivity contribution is 7.47. The lowest BCUT2D eigenvalue weighted by Gasteiger charge is -2.21. The number of hydrogen-bond acceptors (Lipinski definition) is 10. The molecular formula is C52H93O11P. The molecule has 0 heterocycles. The van der Waals surface area contributed by atoms with Crippen molar-refractivity contribution in [3.8, 4) is 0 Å². The Balaban J connectivity index is 4.78. The van der Waals surface area contributed by atoms with E-state index in [-0.39, 0.29) is 25.9 Å². The van der Waals surface area contributed by atoms with Crippen LogP contribution in [0.3, 0.4) is 0 Å². The third kappa shape index (κ3) is 44.6. The van der Waals surface area contributed by atoms with Crippen LogP contribution in [0.15, 0.2) is 48.6 Å². The van der Waals surface area contributed by atoms with Crippen molar-refractivity contribution in [3.05, 3.63) is 48.6 Å². The molecule has 0 aromatic carbocycles. The summed E-state index contributed by atoms with van der Waals surface area (Å²) in [5.41, 5.74) is 0. The van der Waals surface area contributed by atoms with Crippen LogP contribution in [-0.2, 0) is 42.2 Å². The van der Waals surface area contributed by atoms with Crippen LogP contribution in [0.25, 0.3) is 0 Å². The van der Waals surface area contributed by atoms with Gasteiger partial charge in [-0.25, -0.2) is 4.57 Å². The van der Waals surface area contributed by atoms with Crippen LogP contribution >= 0.6 is 7.82 Å². The van der Waals surface area contributed by atoms with Gasteiger partial charge < -0.3 is 24.2 Å². The molecule has 2 N–H and O–H groups in total. The number of carbonyl (C=O) groups excluding carboxylic acids is 3. The molecule has 0 aromatic rings. The zero-order valence-electron chi connectivity index (χ0n) is 40.7. The van der Waals surface area contributed by atoms with Crippen LogP contribution in [-0.4, -0.2) is 66.5 Å². The number of carbonyl (C=O) groups is 3. The van der Waals surface area contributed by atoms with Crippen molar-refractivity contribution in [2.24, 2.45) is 0 Å². The van der Waals surface area contributed by atoms with Gasteiger partial charge in [-0.1, -0.05) is 211 Å². The standard InChI is InChI=1S/C52H93O11P/c1-4-7-10-13-16-19-22-24-27-30-33-36-39-42-51(55)62-48(44-53)46-60-64(57,58)61-47-49(45-59-50(54)41-38-35-32-29-26-21-18-15-12-9-6-3)63-52(56)43-40-37-34-31-28-25-23-20-17-14-11-8-5-2/h8,11,17,20,25,28,34,37,48-49,53H,4-7,9-10,12-16,18-19,21-24,26-27,29-33,35-36,38-47H2,1-3H3,(H,57,58)/b11-8-,20-17-,28-25-,37-34-. The topological polar surface area (TPSA) is 155 Å². The first-order valence-corrected chi connectivity index (χ1v) is 27.0. The van der Waals surface area contributed by atoms with Crippen LogP contribution < -0.4 is 0 Å². The summed E-state index contributed by atoms with van der Waals surface area (Å²) >= 11 is 0. The molecule has 12 heteroatoms. The minimum atomic E-state index is -4.75. The van der Waals surface area contributed by atoms with Gasteiger partial charge in [0, 0.05) is 19.3 Å². The van der Waals surface area contributed by atoms with Gasteiger partial charge in [-0.3, -0.25) is 23.4 Å². The van der Waals surface area contributed by atoms with Gasteiger partial charge in [0.1, 0.15) is 12.7 Å². The fourth-order valence-electron chi connectivity index (χ4n) is 6.90. The number of esters is 3. The maximum atomic E-state index is 12.8. The Bertz CT molecular complexity index is 1260. The summed E-state index contributed by atoms with van der Waals surface area (Å²) in [6.07, 6.45) is 46.7. The van der Waals surface area contributed by atoms with Crippen molar-refractivity contribution >= 4 is 25.7 Å². The maximum Gasteiger partial charge on any atom is 0.472 e. The summed E-state index contributed by atoms with van der Waals surface area (Å²) in [5, 5.41) is 9.76. The second-order valence-corrected chi connectivity index (χ2v) is 18.4. The van der Waals surface area contributed by atoms with Crippen molar-refractivity contribution in [2.75, 3.05) is 26.4 Å². The zero-order chi connectivity index (χ0) is 47.0. The number of unbranched alkanes of at least 4 members (excludes halogenated alkanes) is 22. The molecule has 3 unspecified atom stereocenters. The molecule has 0 aliphatic heterocycles. The summed E-state index contributed by atoms with van der Waals surface area (Å²) < 4.78 is 39.2. The molecular weight excluding hydrogens is 832 g/mol. The highest BCUT2D eigenvalue weighted by Crippen LogP contribution is 2.43. The van der Waals surface area contributed by atoms with Crippen molar-refractivity contribution in [2.45, 2.75) is 238 Å². The molecule has 0 fully saturated rings. The molecule has 372 valence electrons. The van der Waals surface area contributed by atoms with E-state index in [1.807, 2.05) is 12.2 Å². The number of aliphatic hydroxyl groups is 1. The van der Waals surface area contributed by atoms with E-state index in [0.29, 0.717) is 19.3 Å². The Hall–Kier alpha value is -2.56. The highest BCUT2D eigenvalue weighted by atomic mass is 31.2. The predicted molar refractivity (Wildman–Crippen MR) is 261 cm³/mol. The summed E-state index contributed by atoms with van der Waals surface area (Å²) in [5.74, 6) is -1.56. The number of phosphoric acid groups is 1. The second kappa shape index (κ2) is 47.0.